The van der Waals surface area contributed by atoms with Crippen molar-refractivity contribution in [3.05, 3.63) is 32.8 Å². The van der Waals surface area contributed by atoms with Crippen LogP contribution in [0, 0.1) is 0 Å². The zero-order chi connectivity index (χ0) is 12.3. The van der Waals surface area contributed by atoms with Crippen LogP contribution in [0.2, 0.25) is 15.1 Å². The van der Waals surface area contributed by atoms with Crippen LogP contribution >= 0.6 is 34.8 Å². The summed E-state index contributed by atoms with van der Waals surface area (Å²) < 4.78 is 0. The predicted octanol–water partition coefficient (Wildman–Crippen LogP) is 2.26. The van der Waals surface area contributed by atoms with E-state index in [2.05, 4.69) is 5.32 Å². The van der Waals surface area contributed by atoms with Crippen molar-refractivity contribution in [2.24, 2.45) is 0 Å². The molecule has 1 rings (SSSR count). The molecule has 0 spiro atoms. The van der Waals surface area contributed by atoms with Crippen molar-refractivity contribution in [2.75, 3.05) is 13.6 Å². The first-order valence-corrected chi connectivity index (χ1v) is 5.76. The maximum absolute atomic E-state index is 9.81. The normalized spacial score (nSPS) is 14.9. The van der Waals surface area contributed by atoms with Gasteiger partial charge in [0.2, 0.25) is 0 Å². The average molecular weight is 285 g/mol. The Bertz CT molecular complexity index is 350. The smallest absolute Gasteiger partial charge is 0.106 e. The zero-order valence-electron chi connectivity index (χ0n) is 8.54. The Balaban J connectivity index is 2.96. The van der Waals surface area contributed by atoms with Crippen molar-refractivity contribution < 1.29 is 10.2 Å². The third kappa shape index (κ3) is 3.23. The Kier molecular flexibility index (Phi) is 5.31. The lowest BCUT2D eigenvalue weighted by atomic mass is 10.0. The molecule has 90 valence electrons. The predicted molar refractivity (Wildman–Crippen MR) is 66.4 cm³/mol. The van der Waals surface area contributed by atoms with E-state index in [0.717, 1.165) is 0 Å². The minimum Gasteiger partial charge on any atom is -0.389 e. The monoisotopic (exact) mass is 283 g/mol. The molecule has 2 atom stereocenters. The van der Waals surface area contributed by atoms with E-state index < -0.39 is 12.2 Å². The molecule has 2 unspecified atom stereocenters. The highest BCUT2D eigenvalue weighted by Crippen LogP contribution is 2.33. The van der Waals surface area contributed by atoms with Crippen molar-refractivity contribution in [3.8, 4) is 0 Å². The van der Waals surface area contributed by atoms with Gasteiger partial charge in [0, 0.05) is 6.54 Å². The molecule has 0 aliphatic rings. The number of benzene rings is 1. The van der Waals surface area contributed by atoms with Crippen LogP contribution in [0.25, 0.3) is 0 Å². The zero-order valence-corrected chi connectivity index (χ0v) is 10.8. The van der Waals surface area contributed by atoms with Crippen LogP contribution in [0.15, 0.2) is 12.1 Å². The maximum Gasteiger partial charge on any atom is 0.106 e. The van der Waals surface area contributed by atoms with Crippen molar-refractivity contribution in [3.63, 3.8) is 0 Å². The molecule has 0 aliphatic carbocycles. The highest BCUT2D eigenvalue weighted by atomic mass is 35.5. The summed E-state index contributed by atoms with van der Waals surface area (Å²) in [5, 5.41) is 22.9. The van der Waals surface area contributed by atoms with Crippen molar-refractivity contribution in [2.45, 2.75) is 12.2 Å². The van der Waals surface area contributed by atoms with Gasteiger partial charge in [0.25, 0.3) is 0 Å². The quantitative estimate of drug-likeness (QED) is 0.744. The largest absolute Gasteiger partial charge is 0.389 e. The second-order valence-corrected chi connectivity index (χ2v) is 4.56. The SMILES string of the molecule is CNCC(O)C(O)c1cc(Cl)c(Cl)c(Cl)c1. The van der Waals surface area contributed by atoms with E-state index in [9.17, 15) is 10.2 Å². The second-order valence-electron chi connectivity index (χ2n) is 3.37. The first-order valence-electron chi connectivity index (χ1n) is 4.62. The molecule has 0 aliphatic heterocycles. The topological polar surface area (TPSA) is 52.5 Å². The lowest BCUT2D eigenvalue weighted by Crippen LogP contribution is -2.29. The highest BCUT2D eigenvalue weighted by molar-refractivity contribution is 6.48. The summed E-state index contributed by atoms with van der Waals surface area (Å²) in [6, 6.07) is 2.97. The lowest BCUT2D eigenvalue weighted by Gasteiger charge is -2.18. The van der Waals surface area contributed by atoms with Crippen LogP contribution in [0.1, 0.15) is 11.7 Å². The number of halogens is 3. The van der Waals surface area contributed by atoms with Crippen LogP contribution in [-0.4, -0.2) is 29.9 Å². The number of aliphatic hydroxyl groups excluding tert-OH is 2. The Morgan fingerprint density at radius 3 is 2.12 bits per heavy atom. The van der Waals surface area contributed by atoms with Crippen LogP contribution in [-0.2, 0) is 0 Å². The molecule has 3 N–H and O–H groups in total. The van der Waals surface area contributed by atoms with Gasteiger partial charge in [-0.25, -0.2) is 0 Å². The van der Waals surface area contributed by atoms with Gasteiger partial charge in [0.05, 0.1) is 21.2 Å². The molecule has 1 aromatic rings. The number of hydrogen-bond acceptors (Lipinski definition) is 3. The van der Waals surface area contributed by atoms with Gasteiger partial charge in [-0.05, 0) is 24.7 Å². The molecule has 0 amide bonds. The van der Waals surface area contributed by atoms with E-state index >= 15 is 0 Å². The molecule has 0 fully saturated rings. The van der Waals surface area contributed by atoms with Gasteiger partial charge in [-0.15, -0.1) is 0 Å². The molecule has 0 radical (unpaired) electrons. The minimum absolute atomic E-state index is 0.238. The van der Waals surface area contributed by atoms with Gasteiger partial charge in [-0.3, -0.25) is 0 Å². The van der Waals surface area contributed by atoms with Gasteiger partial charge in [-0.1, -0.05) is 34.8 Å². The Morgan fingerprint density at radius 1 is 1.19 bits per heavy atom. The first-order chi connectivity index (χ1) is 7.47. The fourth-order valence-electron chi connectivity index (χ4n) is 1.29. The van der Waals surface area contributed by atoms with E-state index in [-0.39, 0.29) is 21.6 Å². The Morgan fingerprint density at radius 2 is 1.69 bits per heavy atom. The summed E-state index contributed by atoms with van der Waals surface area (Å²) in [4.78, 5) is 0. The maximum atomic E-state index is 9.81. The average Bonchev–Trinajstić information content (AvgIpc) is 2.24. The van der Waals surface area contributed by atoms with Crippen molar-refractivity contribution >= 4 is 34.8 Å². The molecule has 0 saturated heterocycles. The van der Waals surface area contributed by atoms with Gasteiger partial charge in [0.15, 0.2) is 0 Å². The Hall–Kier alpha value is -0.0300. The second kappa shape index (κ2) is 6.05. The van der Waals surface area contributed by atoms with E-state index in [0.29, 0.717) is 5.56 Å². The molecule has 0 bridgehead atoms. The Labute approximate surface area is 109 Å². The molecule has 6 heteroatoms. The number of hydrogen-bond donors (Lipinski definition) is 3. The summed E-state index contributed by atoms with van der Waals surface area (Å²) >= 11 is 17.4. The van der Waals surface area contributed by atoms with E-state index in [1.807, 2.05) is 0 Å². The van der Waals surface area contributed by atoms with Gasteiger partial charge < -0.3 is 15.5 Å². The van der Waals surface area contributed by atoms with E-state index in [1.54, 1.807) is 7.05 Å². The van der Waals surface area contributed by atoms with Crippen LogP contribution in [0.5, 0.6) is 0 Å². The standard InChI is InChI=1S/C10H12Cl3NO2/c1-14-4-8(15)10(16)5-2-6(11)9(13)7(12)3-5/h2-3,8,10,14-16H,4H2,1H3. The molecule has 0 saturated carbocycles. The summed E-state index contributed by atoms with van der Waals surface area (Å²) in [7, 11) is 1.68. The fourth-order valence-corrected chi connectivity index (χ4v) is 1.90. The van der Waals surface area contributed by atoms with Gasteiger partial charge in [-0.2, -0.15) is 0 Å². The molecule has 3 nitrogen and oxygen atoms in total. The van der Waals surface area contributed by atoms with Gasteiger partial charge in [0.1, 0.15) is 6.10 Å². The molecule has 0 heterocycles. The van der Waals surface area contributed by atoms with Crippen LogP contribution in [0.4, 0.5) is 0 Å². The van der Waals surface area contributed by atoms with Crippen molar-refractivity contribution in [1.82, 2.24) is 5.32 Å². The highest BCUT2D eigenvalue weighted by Gasteiger charge is 2.19. The third-order valence-corrected chi connectivity index (χ3v) is 3.32. The lowest BCUT2D eigenvalue weighted by molar-refractivity contribution is 0.0202. The summed E-state index contributed by atoms with van der Waals surface area (Å²) in [6.07, 6.45) is -1.99. The van der Waals surface area contributed by atoms with Crippen LogP contribution < -0.4 is 5.32 Å². The molecular weight excluding hydrogens is 272 g/mol. The molecule has 1 aromatic carbocycles. The number of nitrogens with one attached hydrogen (secondary N) is 1. The molecule has 0 aromatic heterocycles. The summed E-state index contributed by atoms with van der Waals surface area (Å²) in [6.45, 7) is 0.263. The van der Waals surface area contributed by atoms with E-state index in [4.69, 9.17) is 34.8 Å². The summed E-state index contributed by atoms with van der Waals surface area (Å²) in [5.41, 5.74) is 0.433. The summed E-state index contributed by atoms with van der Waals surface area (Å²) in [5.74, 6) is 0. The van der Waals surface area contributed by atoms with Crippen molar-refractivity contribution in [1.29, 1.82) is 0 Å². The number of likely N-dealkylation sites (N-methyl/N-ethyl adjacent to an activating group) is 1. The number of aliphatic hydroxyl groups is 2. The fraction of sp³-hybridized carbons (Fsp3) is 0.400. The van der Waals surface area contributed by atoms with Gasteiger partial charge >= 0.3 is 0 Å². The molecule has 16 heavy (non-hydrogen) atoms. The third-order valence-electron chi connectivity index (χ3n) is 2.13. The first kappa shape index (κ1) is 14.0. The molecular formula is C10H12Cl3NO2. The minimum atomic E-state index is -1.06. The van der Waals surface area contributed by atoms with E-state index in [1.165, 1.54) is 12.1 Å². The number of rotatable bonds is 4. The van der Waals surface area contributed by atoms with Crippen LogP contribution in [0.3, 0.4) is 0 Å².